The quantitative estimate of drug-likeness (QED) is 0.535. The molecule has 4 aromatic rings. The summed E-state index contributed by atoms with van der Waals surface area (Å²) in [6.45, 7) is 0.899. The van der Waals surface area contributed by atoms with Crippen molar-refractivity contribution in [3.05, 3.63) is 59.8 Å². The summed E-state index contributed by atoms with van der Waals surface area (Å²) in [6, 6.07) is 8.72. The monoisotopic (exact) mass is 400 g/mol. The van der Waals surface area contributed by atoms with Crippen LogP contribution in [0.5, 0.6) is 5.75 Å². The number of aryl methyl sites for hydroxylation is 1. The molecule has 10 heteroatoms. The largest absolute Gasteiger partial charge is 0.497 e. The highest BCUT2D eigenvalue weighted by Crippen LogP contribution is 2.26. The molecular formula is C19H18F2N6O2. The van der Waals surface area contributed by atoms with Gasteiger partial charge in [-0.3, -0.25) is 4.40 Å². The van der Waals surface area contributed by atoms with Gasteiger partial charge in [-0.05, 0) is 30.7 Å². The first-order chi connectivity index (χ1) is 13.9. The lowest BCUT2D eigenvalue weighted by Crippen LogP contribution is -2.20. The van der Waals surface area contributed by atoms with Gasteiger partial charge >= 0.3 is 5.92 Å². The third-order valence-electron chi connectivity index (χ3n) is 4.40. The van der Waals surface area contributed by atoms with Crippen LogP contribution in [0.1, 0.15) is 17.1 Å². The van der Waals surface area contributed by atoms with E-state index in [9.17, 15) is 8.78 Å². The Balaban J connectivity index is 1.70. The van der Waals surface area contributed by atoms with E-state index in [4.69, 9.17) is 9.84 Å². The second-order valence-electron chi connectivity index (χ2n) is 6.50. The molecule has 29 heavy (non-hydrogen) atoms. The van der Waals surface area contributed by atoms with Gasteiger partial charge < -0.3 is 9.84 Å². The lowest BCUT2D eigenvalue weighted by Gasteiger charge is -2.11. The zero-order valence-electron chi connectivity index (χ0n) is 15.8. The Kier molecular flexibility index (Phi) is 4.71. The first-order valence-corrected chi connectivity index (χ1v) is 8.79. The van der Waals surface area contributed by atoms with Crippen LogP contribution in [0.3, 0.4) is 0 Å². The minimum absolute atomic E-state index is 0.0854. The molecule has 0 aliphatic rings. The van der Waals surface area contributed by atoms with Crippen LogP contribution in [-0.2, 0) is 12.5 Å². The van der Waals surface area contributed by atoms with E-state index in [2.05, 4.69) is 20.1 Å². The summed E-state index contributed by atoms with van der Waals surface area (Å²) >= 11 is 0. The number of halogens is 2. The fourth-order valence-corrected chi connectivity index (χ4v) is 2.92. The van der Waals surface area contributed by atoms with Gasteiger partial charge in [-0.2, -0.15) is 13.9 Å². The Morgan fingerprint density at radius 3 is 2.55 bits per heavy atom. The number of methoxy groups -OCH3 is 1. The van der Waals surface area contributed by atoms with E-state index in [1.165, 1.54) is 10.6 Å². The lowest BCUT2D eigenvalue weighted by atomic mass is 10.2. The average molecular weight is 400 g/mol. The molecule has 0 fully saturated rings. The van der Waals surface area contributed by atoms with E-state index in [-0.39, 0.29) is 5.78 Å². The van der Waals surface area contributed by atoms with Crippen molar-refractivity contribution in [1.82, 2.24) is 29.1 Å². The number of benzene rings is 1. The number of hydrogen-bond acceptors (Lipinski definition) is 6. The van der Waals surface area contributed by atoms with Crippen LogP contribution in [0.2, 0.25) is 0 Å². The van der Waals surface area contributed by atoms with Gasteiger partial charge in [0, 0.05) is 12.4 Å². The molecule has 0 unspecified atom stereocenters. The number of ether oxygens (including phenoxy) is 1. The number of aliphatic hydroxyl groups is 1. The zero-order valence-corrected chi connectivity index (χ0v) is 15.8. The van der Waals surface area contributed by atoms with Crippen molar-refractivity contribution in [2.75, 3.05) is 13.7 Å². The van der Waals surface area contributed by atoms with Gasteiger partial charge in [0.05, 0.1) is 13.7 Å². The Morgan fingerprint density at radius 1 is 1.10 bits per heavy atom. The van der Waals surface area contributed by atoms with Crippen molar-refractivity contribution >= 4 is 5.78 Å². The first-order valence-electron chi connectivity index (χ1n) is 8.79. The van der Waals surface area contributed by atoms with Crippen molar-refractivity contribution in [3.63, 3.8) is 0 Å². The molecule has 150 valence electrons. The highest BCUT2D eigenvalue weighted by Gasteiger charge is 2.32. The van der Waals surface area contributed by atoms with Crippen molar-refractivity contribution in [1.29, 1.82) is 0 Å². The van der Waals surface area contributed by atoms with Crippen LogP contribution in [-0.4, -0.2) is 48.0 Å². The maximum atomic E-state index is 13.7. The van der Waals surface area contributed by atoms with Crippen molar-refractivity contribution < 1.29 is 18.6 Å². The van der Waals surface area contributed by atoms with Crippen molar-refractivity contribution in [2.24, 2.45) is 0 Å². The topological polar surface area (TPSA) is 90.4 Å². The molecule has 0 radical (unpaired) electrons. The molecular weight excluding hydrogens is 382 g/mol. The summed E-state index contributed by atoms with van der Waals surface area (Å²) in [5, 5.41) is 13.3. The molecule has 8 nitrogen and oxygen atoms in total. The number of aliphatic hydroxyl groups excluding tert-OH is 1. The summed E-state index contributed by atoms with van der Waals surface area (Å²) in [6.07, 6.45) is 3.08. The minimum atomic E-state index is -3.43. The van der Waals surface area contributed by atoms with Gasteiger partial charge in [-0.25, -0.2) is 19.6 Å². The van der Waals surface area contributed by atoms with Crippen molar-refractivity contribution in [2.45, 2.75) is 19.4 Å². The van der Waals surface area contributed by atoms with E-state index >= 15 is 0 Å². The van der Waals surface area contributed by atoms with Gasteiger partial charge in [0.1, 0.15) is 29.6 Å². The van der Waals surface area contributed by atoms with Crippen LogP contribution in [0.25, 0.3) is 17.3 Å². The maximum Gasteiger partial charge on any atom is 0.312 e. The molecule has 0 saturated carbocycles. The fraction of sp³-hybridized carbons (Fsp3) is 0.263. The first kappa shape index (κ1) is 18.9. The highest BCUT2D eigenvalue weighted by atomic mass is 19.3. The maximum absolute atomic E-state index is 13.7. The van der Waals surface area contributed by atoms with Gasteiger partial charge in [0.2, 0.25) is 5.78 Å². The number of hydrogen-bond donors (Lipinski definition) is 1. The van der Waals surface area contributed by atoms with Crippen LogP contribution in [0, 0.1) is 6.92 Å². The van der Waals surface area contributed by atoms with E-state index in [1.807, 2.05) is 24.3 Å². The smallest absolute Gasteiger partial charge is 0.312 e. The Morgan fingerprint density at radius 2 is 1.86 bits per heavy atom. The Hall–Kier alpha value is -3.40. The van der Waals surface area contributed by atoms with Gasteiger partial charge in [-0.1, -0.05) is 12.1 Å². The second kappa shape index (κ2) is 7.21. The standard InChI is InChI=1S/C19H18F2N6O2/c1-12-22-17(27(25-12)9-13-3-5-14(29-2)6-4-13)15-10-26-8-7-16(19(20,21)11-28)24-18(26)23-15/h3-8,10,28H,9,11H2,1-2H3. The Bertz CT molecular complexity index is 1150. The van der Waals surface area contributed by atoms with Gasteiger partial charge in [0.15, 0.2) is 5.82 Å². The fourth-order valence-electron chi connectivity index (χ4n) is 2.92. The van der Waals surface area contributed by atoms with E-state index in [0.717, 1.165) is 17.4 Å². The molecule has 0 spiro atoms. The lowest BCUT2D eigenvalue weighted by molar-refractivity contribution is -0.0591. The summed E-state index contributed by atoms with van der Waals surface area (Å²) in [5.41, 5.74) is 0.903. The normalized spacial score (nSPS) is 11.9. The molecule has 0 atom stereocenters. The van der Waals surface area contributed by atoms with Crippen LogP contribution >= 0.6 is 0 Å². The molecule has 3 aromatic heterocycles. The van der Waals surface area contributed by atoms with E-state index < -0.39 is 18.2 Å². The number of aromatic nitrogens is 6. The van der Waals surface area contributed by atoms with Crippen LogP contribution in [0.15, 0.2) is 42.7 Å². The molecule has 1 aromatic carbocycles. The number of rotatable bonds is 6. The second-order valence-corrected chi connectivity index (χ2v) is 6.50. The number of fused-ring (bicyclic) bond motifs is 1. The highest BCUT2D eigenvalue weighted by molar-refractivity contribution is 5.54. The minimum Gasteiger partial charge on any atom is -0.497 e. The molecule has 0 amide bonds. The van der Waals surface area contributed by atoms with Gasteiger partial charge in [0.25, 0.3) is 0 Å². The molecule has 0 bridgehead atoms. The average Bonchev–Trinajstić information content (AvgIpc) is 3.30. The third kappa shape index (κ3) is 3.66. The summed E-state index contributed by atoms with van der Waals surface area (Å²) < 4.78 is 35.8. The van der Waals surface area contributed by atoms with Crippen LogP contribution < -0.4 is 4.74 Å². The zero-order chi connectivity index (χ0) is 20.6. The molecule has 3 heterocycles. The number of nitrogens with zero attached hydrogens (tertiary/aromatic N) is 6. The summed E-state index contributed by atoms with van der Waals surface area (Å²) in [4.78, 5) is 12.6. The molecule has 0 aliphatic carbocycles. The SMILES string of the molecule is COc1ccc(Cn2nc(C)nc2-c2cn3ccc(C(F)(F)CO)nc3n2)cc1. The number of alkyl halides is 2. The molecule has 4 rings (SSSR count). The summed E-state index contributed by atoms with van der Waals surface area (Å²) in [7, 11) is 1.60. The third-order valence-corrected chi connectivity index (χ3v) is 4.40. The van der Waals surface area contributed by atoms with E-state index in [0.29, 0.717) is 23.9 Å². The predicted octanol–water partition coefficient (Wildman–Crippen LogP) is 2.44. The summed E-state index contributed by atoms with van der Waals surface area (Å²) in [5.74, 6) is -1.53. The van der Waals surface area contributed by atoms with E-state index in [1.54, 1.807) is 24.9 Å². The Labute approximate surface area is 164 Å². The predicted molar refractivity (Wildman–Crippen MR) is 99.8 cm³/mol. The molecule has 0 aliphatic heterocycles. The molecule has 1 N–H and O–H groups in total. The van der Waals surface area contributed by atoms with Crippen LogP contribution in [0.4, 0.5) is 8.78 Å². The van der Waals surface area contributed by atoms with Gasteiger partial charge in [-0.15, -0.1) is 0 Å². The van der Waals surface area contributed by atoms with Crippen molar-refractivity contribution in [3.8, 4) is 17.3 Å². The number of imidazole rings is 1. The molecule has 0 saturated heterocycles.